The largest absolute Gasteiger partial charge is 0.477 e. The molecular weight excluding hydrogens is 1270 g/mol. The van der Waals surface area contributed by atoms with E-state index < -0.39 is 24.3 Å². The molecule has 0 rings (SSSR count). The maximum absolute atomic E-state index is 13.0. The van der Waals surface area contributed by atoms with Crippen molar-refractivity contribution >= 4 is 17.9 Å². The smallest absolute Gasteiger partial charge is 0.361 e. The number of esters is 2. The second kappa shape index (κ2) is 82.1. The molecule has 0 spiro atoms. The van der Waals surface area contributed by atoms with Crippen LogP contribution in [0.5, 0.6) is 0 Å². The Morgan fingerprint density at radius 3 is 0.777 bits per heavy atom. The summed E-state index contributed by atoms with van der Waals surface area (Å²) in [6.45, 7) is 4.66. The van der Waals surface area contributed by atoms with Gasteiger partial charge >= 0.3 is 17.9 Å². The van der Waals surface area contributed by atoms with Crippen molar-refractivity contribution in [3.8, 4) is 0 Å². The highest BCUT2D eigenvalue weighted by Gasteiger charge is 2.25. The minimum Gasteiger partial charge on any atom is -0.477 e. The van der Waals surface area contributed by atoms with Gasteiger partial charge in [-0.3, -0.25) is 9.59 Å². The predicted octanol–water partition coefficient (Wildman–Crippen LogP) is 27.5. The number of carbonyl (C=O) groups is 3. The second-order valence-electron chi connectivity index (χ2n) is 28.7. The molecule has 0 bridgehead atoms. The van der Waals surface area contributed by atoms with Crippen molar-refractivity contribution in [2.45, 2.75) is 347 Å². The molecule has 2 atom stereocenters. The summed E-state index contributed by atoms with van der Waals surface area (Å²) in [7, 11) is 5.98. The Morgan fingerprint density at radius 2 is 0.524 bits per heavy atom. The van der Waals surface area contributed by atoms with Crippen LogP contribution in [-0.4, -0.2) is 87.4 Å². The molecule has 0 amide bonds. The van der Waals surface area contributed by atoms with Gasteiger partial charge in [0.05, 0.1) is 34.4 Å². The molecule has 1 N–H and O–H groups in total. The third-order valence-corrected chi connectivity index (χ3v) is 17.7. The van der Waals surface area contributed by atoms with E-state index in [9.17, 15) is 19.5 Å². The van der Waals surface area contributed by atoms with Crippen LogP contribution in [0.1, 0.15) is 335 Å². The number of carboxylic acid groups (broad SMARTS) is 1. The summed E-state index contributed by atoms with van der Waals surface area (Å²) in [4.78, 5) is 37.8. The molecule has 0 saturated carbocycles. The van der Waals surface area contributed by atoms with Crippen molar-refractivity contribution in [3.63, 3.8) is 0 Å². The van der Waals surface area contributed by atoms with Crippen molar-refractivity contribution in [1.82, 2.24) is 0 Å². The Balaban J connectivity index is 4.05. The van der Waals surface area contributed by atoms with Crippen LogP contribution < -0.4 is 0 Å². The monoisotopic (exact) mass is 1430 g/mol. The van der Waals surface area contributed by atoms with E-state index in [4.69, 9.17) is 18.9 Å². The molecule has 0 aromatic heterocycles. The van der Waals surface area contributed by atoms with E-state index >= 15 is 0 Å². The van der Waals surface area contributed by atoms with Crippen LogP contribution in [0.2, 0.25) is 0 Å². The molecule has 0 radical (unpaired) electrons. The van der Waals surface area contributed by atoms with Crippen LogP contribution in [0, 0.1) is 0 Å². The van der Waals surface area contributed by atoms with E-state index in [2.05, 4.69) is 196 Å². The van der Waals surface area contributed by atoms with E-state index in [1.807, 2.05) is 21.1 Å². The number of likely N-dealkylation sites (N-methyl/N-ethyl adjacent to an activating group) is 1. The third kappa shape index (κ3) is 83.5. The van der Waals surface area contributed by atoms with Gasteiger partial charge < -0.3 is 28.5 Å². The van der Waals surface area contributed by atoms with Crippen LogP contribution in [0.25, 0.3) is 0 Å². The Hall–Kier alpha value is -5.61. The molecular formula is C94H156NO8+. The van der Waals surface area contributed by atoms with Gasteiger partial charge in [-0.25, -0.2) is 4.79 Å². The molecule has 0 aromatic carbocycles. The van der Waals surface area contributed by atoms with Gasteiger partial charge in [-0.05, 0) is 135 Å². The Labute approximate surface area is 634 Å². The van der Waals surface area contributed by atoms with Crippen molar-refractivity contribution in [1.29, 1.82) is 0 Å². The third-order valence-electron chi connectivity index (χ3n) is 17.7. The highest BCUT2D eigenvalue weighted by Crippen LogP contribution is 2.18. The van der Waals surface area contributed by atoms with Gasteiger partial charge in [-0.1, -0.05) is 369 Å². The van der Waals surface area contributed by atoms with E-state index in [1.54, 1.807) is 0 Å². The lowest BCUT2D eigenvalue weighted by Crippen LogP contribution is -2.40. The average molecular weight is 1430 g/mol. The summed E-state index contributed by atoms with van der Waals surface area (Å²) in [6, 6.07) is 0. The highest BCUT2D eigenvalue weighted by molar-refractivity contribution is 5.71. The van der Waals surface area contributed by atoms with Crippen molar-refractivity contribution < 1.29 is 42.9 Å². The number of unbranched alkanes of at least 4 members (excludes halogenated alkanes) is 31. The van der Waals surface area contributed by atoms with Crippen molar-refractivity contribution in [3.05, 3.63) is 182 Å². The maximum Gasteiger partial charge on any atom is 0.361 e. The molecule has 0 fully saturated rings. The first-order chi connectivity index (χ1) is 50.6. The Morgan fingerprint density at radius 1 is 0.291 bits per heavy atom. The Kier molecular flexibility index (Phi) is 77.6. The van der Waals surface area contributed by atoms with E-state index in [0.29, 0.717) is 23.9 Å². The normalized spacial score (nSPS) is 13.6. The molecule has 9 nitrogen and oxygen atoms in total. The zero-order valence-electron chi connectivity index (χ0n) is 66.9. The van der Waals surface area contributed by atoms with E-state index in [1.165, 1.54) is 161 Å². The number of carboxylic acids is 1. The lowest BCUT2D eigenvalue weighted by molar-refractivity contribution is -0.870. The summed E-state index contributed by atoms with van der Waals surface area (Å²) < 4.78 is 23.1. The minimum absolute atomic E-state index is 0.181. The standard InChI is InChI=1S/C94H155NO8/c1-6-8-10-12-14-16-18-20-22-24-26-28-30-32-34-36-38-40-42-44-46-48-50-52-54-56-58-60-62-64-66-68-70-72-74-76-78-80-82-84-91(96)101-88-90(89-102-94(93(98)99)100-87-86-95(3,4)5)103-92(97)85-83-81-79-77-75-73-71-69-67-65-63-61-59-57-55-53-51-49-47-45-43-41-39-37-35-33-31-29-27-25-23-21-19-17-15-13-11-9-7-2/h8-11,14-17,20-23,26-29,32-35,38-41,45,47,51,53,57,59,90,94H,6-7,12-13,18-19,24-25,30-31,36-37,42-44,46,48-50,52,54-56,58,60-89H2,1-5H3/p+1/b10-8-,11-9-,16-14-,17-15-,22-20-,23-21-,28-26-,29-27-,34-32-,35-33-,40-38-,41-39-,47-45-,53-51-,59-57-. The van der Waals surface area contributed by atoms with Gasteiger partial charge in [0.25, 0.3) is 6.29 Å². The molecule has 103 heavy (non-hydrogen) atoms. The number of rotatable bonds is 76. The Bertz CT molecular complexity index is 2360. The molecule has 2 unspecified atom stereocenters. The quantitative estimate of drug-likeness (QED) is 0.0211. The number of allylic oxidation sites excluding steroid dienone is 30. The molecule has 0 aromatic rings. The molecule has 0 aliphatic heterocycles. The van der Waals surface area contributed by atoms with E-state index in [-0.39, 0.29) is 32.2 Å². The summed E-state index contributed by atoms with van der Waals surface area (Å²) in [5.74, 6) is -2.01. The average Bonchev–Trinajstić information content (AvgIpc) is 0.985. The van der Waals surface area contributed by atoms with Crippen molar-refractivity contribution in [2.24, 2.45) is 0 Å². The molecule has 584 valence electrons. The minimum atomic E-state index is -1.52. The van der Waals surface area contributed by atoms with Crippen LogP contribution in [-0.2, 0) is 33.3 Å². The fourth-order valence-electron chi connectivity index (χ4n) is 11.4. The highest BCUT2D eigenvalue weighted by atomic mass is 16.7. The molecule has 0 aliphatic carbocycles. The van der Waals surface area contributed by atoms with Crippen LogP contribution in [0.15, 0.2) is 182 Å². The van der Waals surface area contributed by atoms with Crippen LogP contribution in [0.3, 0.4) is 0 Å². The van der Waals surface area contributed by atoms with Crippen molar-refractivity contribution in [2.75, 3.05) is 47.5 Å². The molecule has 0 saturated heterocycles. The topological polar surface area (TPSA) is 108 Å². The van der Waals surface area contributed by atoms with E-state index in [0.717, 1.165) is 141 Å². The number of ether oxygens (including phenoxy) is 4. The zero-order chi connectivity index (χ0) is 74.6. The summed E-state index contributed by atoms with van der Waals surface area (Å²) in [5, 5.41) is 9.79. The van der Waals surface area contributed by atoms with Crippen LogP contribution in [0.4, 0.5) is 0 Å². The maximum atomic E-state index is 13.0. The van der Waals surface area contributed by atoms with Crippen LogP contribution >= 0.6 is 0 Å². The first kappa shape index (κ1) is 97.4. The van der Waals surface area contributed by atoms with Gasteiger partial charge in [0.2, 0.25) is 0 Å². The summed E-state index contributed by atoms with van der Waals surface area (Å²) in [6.07, 6.45) is 122. The predicted molar refractivity (Wildman–Crippen MR) is 446 cm³/mol. The summed E-state index contributed by atoms with van der Waals surface area (Å²) >= 11 is 0. The second-order valence-corrected chi connectivity index (χ2v) is 28.7. The first-order valence-corrected chi connectivity index (χ1v) is 41.9. The van der Waals surface area contributed by atoms with Gasteiger partial charge in [0.15, 0.2) is 6.10 Å². The molecule has 9 heteroatoms. The number of quaternary nitrogens is 1. The number of hydrogen-bond acceptors (Lipinski definition) is 7. The fraction of sp³-hybridized carbons (Fsp3) is 0.649. The summed E-state index contributed by atoms with van der Waals surface area (Å²) in [5.41, 5.74) is 0. The van der Waals surface area contributed by atoms with Gasteiger partial charge in [-0.15, -0.1) is 0 Å². The zero-order valence-corrected chi connectivity index (χ0v) is 66.9. The van der Waals surface area contributed by atoms with Gasteiger partial charge in [0, 0.05) is 12.8 Å². The van der Waals surface area contributed by atoms with Gasteiger partial charge in [0.1, 0.15) is 13.2 Å². The SMILES string of the molecule is CC/C=C\C/C=C\C/C=C\C/C=C\C/C=C\C/C=C\C/C=C\C/C=C\C/C=C\CCCCCCCCCCCCCC(=O)OC(COC(=O)CCCCCCCCCCCCCCCCCCCCCC/C=C\C/C=C\C/C=C\C/C=C\C/C=C\C/C=C\CC)COC(OCC[N+](C)(C)C)C(=O)O. The lowest BCUT2D eigenvalue weighted by Gasteiger charge is -2.25. The number of hydrogen-bond donors (Lipinski definition) is 1. The molecule has 0 aliphatic rings. The first-order valence-electron chi connectivity index (χ1n) is 41.9. The molecule has 0 heterocycles. The number of carbonyl (C=O) groups excluding carboxylic acids is 2. The number of nitrogens with zero attached hydrogens (tertiary/aromatic N) is 1. The number of aliphatic carboxylic acids is 1. The lowest BCUT2D eigenvalue weighted by atomic mass is 10.0. The van der Waals surface area contributed by atoms with Gasteiger partial charge in [-0.2, -0.15) is 0 Å². The fourth-order valence-corrected chi connectivity index (χ4v) is 11.4.